The fraction of sp³-hybridized carbons (Fsp3) is 0.935. The average molecular weight is 513 g/mol. The van der Waals surface area contributed by atoms with Gasteiger partial charge in [-0.05, 0) is 12.8 Å². The van der Waals surface area contributed by atoms with Crippen molar-refractivity contribution in [2.24, 2.45) is 0 Å². The Bertz CT molecular complexity index is 521. The zero-order chi connectivity index (χ0) is 26.9. The summed E-state index contributed by atoms with van der Waals surface area (Å²) in [7, 11) is 0. The van der Waals surface area contributed by atoms with Gasteiger partial charge >= 0.3 is 0 Å². The van der Waals surface area contributed by atoms with E-state index in [1.165, 1.54) is 89.9 Å². The second-order valence-corrected chi connectivity index (χ2v) is 10.9. The molecule has 0 heterocycles. The van der Waals surface area contributed by atoms with Crippen LogP contribution >= 0.6 is 0 Å². The molecule has 0 rings (SSSR count). The van der Waals surface area contributed by atoms with Crippen LogP contribution in [-0.2, 0) is 9.59 Å². The first-order valence-electron chi connectivity index (χ1n) is 15.5. The van der Waals surface area contributed by atoms with E-state index in [9.17, 15) is 24.9 Å². The van der Waals surface area contributed by atoms with Gasteiger partial charge < -0.3 is 15.3 Å². The molecule has 0 spiro atoms. The fourth-order valence-corrected chi connectivity index (χ4v) is 4.86. The van der Waals surface area contributed by atoms with Gasteiger partial charge in [-0.2, -0.15) is 0 Å². The van der Waals surface area contributed by atoms with Crippen LogP contribution in [0.5, 0.6) is 0 Å². The first-order valence-corrected chi connectivity index (χ1v) is 15.5. The predicted octanol–water partition coefficient (Wildman–Crippen LogP) is 7.61. The normalized spacial score (nSPS) is 14.0. The van der Waals surface area contributed by atoms with E-state index in [4.69, 9.17) is 0 Å². The third kappa shape index (κ3) is 17.6. The molecule has 0 aliphatic rings. The monoisotopic (exact) mass is 512 g/mol. The molecule has 0 aromatic heterocycles. The number of aliphatic hydroxyl groups is 3. The molecule has 0 aromatic carbocycles. The lowest BCUT2D eigenvalue weighted by molar-refractivity contribution is -0.165. The Labute approximate surface area is 222 Å². The second kappa shape index (κ2) is 24.6. The lowest BCUT2D eigenvalue weighted by Gasteiger charge is -2.29. The number of ketones is 2. The van der Waals surface area contributed by atoms with Gasteiger partial charge in [-0.25, -0.2) is 0 Å². The molecular formula is C31H60O5. The smallest absolute Gasteiger partial charge is 0.178 e. The van der Waals surface area contributed by atoms with Crippen molar-refractivity contribution in [3.8, 4) is 0 Å². The minimum Gasteiger partial charge on any atom is -0.393 e. The van der Waals surface area contributed by atoms with E-state index in [1.54, 1.807) is 0 Å². The summed E-state index contributed by atoms with van der Waals surface area (Å²) in [6.45, 7) is 3.53. The van der Waals surface area contributed by atoms with Gasteiger partial charge in [0.2, 0.25) is 0 Å². The minimum absolute atomic E-state index is 0.0802. The molecule has 36 heavy (non-hydrogen) atoms. The van der Waals surface area contributed by atoms with Crippen LogP contribution in [0.25, 0.3) is 0 Å². The first-order chi connectivity index (χ1) is 17.4. The zero-order valence-electron chi connectivity index (χ0n) is 23.9. The van der Waals surface area contributed by atoms with Crippen molar-refractivity contribution in [1.29, 1.82) is 0 Å². The van der Waals surface area contributed by atoms with Crippen LogP contribution in [0.3, 0.4) is 0 Å². The summed E-state index contributed by atoms with van der Waals surface area (Å²) in [4.78, 5) is 24.9. The summed E-state index contributed by atoms with van der Waals surface area (Å²) in [5.41, 5.74) is -2.37. The van der Waals surface area contributed by atoms with Gasteiger partial charge in [0.25, 0.3) is 0 Å². The highest BCUT2D eigenvalue weighted by Gasteiger charge is 2.45. The Morgan fingerprint density at radius 2 is 0.861 bits per heavy atom. The highest BCUT2D eigenvalue weighted by molar-refractivity contribution is 5.96. The molecule has 0 aliphatic carbocycles. The predicted molar refractivity (Wildman–Crippen MR) is 150 cm³/mol. The Morgan fingerprint density at radius 3 is 1.19 bits per heavy atom. The lowest BCUT2D eigenvalue weighted by Crippen LogP contribution is -2.55. The highest BCUT2D eigenvalue weighted by atomic mass is 16.4. The summed E-state index contributed by atoms with van der Waals surface area (Å²) < 4.78 is 0. The molecule has 0 radical (unpaired) electrons. The summed E-state index contributed by atoms with van der Waals surface area (Å²) in [6.07, 6.45) is 23.9. The molecule has 0 amide bonds. The molecule has 5 heteroatoms. The maximum absolute atomic E-state index is 12.5. The van der Waals surface area contributed by atoms with Crippen LogP contribution in [0.15, 0.2) is 0 Å². The number of aliphatic hydroxyl groups excluding tert-OH is 2. The molecule has 0 saturated carbocycles. The SMILES string of the molecule is CCCCCCCCCCCCCC(=O)C(O)C(O)(CO)C(=O)CCCCCCCCCCCCC. The molecule has 2 unspecified atom stereocenters. The van der Waals surface area contributed by atoms with Gasteiger partial charge in [0.05, 0.1) is 6.61 Å². The number of unbranched alkanes of at least 4 members (excludes halogenated alkanes) is 20. The van der Waals surface area contributed by atoms with Crippen LogP contribution in [0, 0.1) is 0 Å². The van der Waals surface area contributed by atoms with E-state index in [0.717, 1.165) is 38.5 Å². The van der Waals surface area contributed by atoms with Crippen LogP contribution in [0.4, 0.5) is 0 Å². The summed E-state index contributed by atoms with van der Waals surface area (Å²) >= 11 is 0. The van der Waals surface area contributed by atoms with Crippen molar-refractivity contribution in [3.63, 3.8) is 0 Å². The molecule has 0 fully saturated rings. The van der Waals surface area contributed by atoms with Crippen molar-refractivity contribution < 1.29 is 24.9 Å². The first kappa shape index (κ1) is 35.2. The van der Waals surface area contributed by atoms with E-state index in [1.807, 2.05) is 0 Å². The number of carbonyl (C=O) groups excluding carboxylic acids is 2. The van der Waals surface area contributed by atoms with Crippen LogP contribution in [-0.4, -0.2) is 45.2 Å². The topological polar surface area (TPSA) is 94.8 Å². The quantitative estimate of drug-likeness (QED) is 0.0938. The standard InChI is InChI=1S/C31H60O5/c1-3-5-7-9-11-13-15-17-19-21-23-25-28(33)30(35)31(36,27-32)29(34)26-24-22-20-18-16-14-12-10-8-6-4-2/h30,32,35-36H,3-27H2,1-2H3. The van der Waals surface area contributed by atoms with Gasteiger partial charge in [-0.1, -0.05) is 142 Å². The summed E-state index contributed by atoms with van der Waals surface area (Å²) in [5.74, 6) is -1.17. The molecule has 0 bridgehead atoms. The second-order valence-electron chi connectivity index (χ2n) is 10.9. The van der Waals surface area contributed by atoms with E-state index < -0.39 is 29.9 Å². The average Bonchev–Trinajstić information content (AvgIpc) is 2.89. The van der Waals surface area contributed by atoms with E-state index in [0.29, 0.717) is 12.8 Å². The Kier molecular flexibility index (Phi) is 24.0. The minimum atomic E-state index is -2.37. The Balaban J connectivity index is 3.95. The zero-order valence-corrected chi connectivity index (χ0v) is 23.9. The van der Waals surface area contributed by atoms with Gasteiger partial charge in [-0.15, -0.1) is 0 Å². The highest BCUT2D eigenvalue weighted by Crippen LogP contribution is 2.20. The third-order valence-electron chi connectivity index (χ3n) is 7.52. The van der Waals surface area contributed by atoms with Crippen molar-refractivity contribution in [1.82, 2.24) is 0 Å². The molecule has 0 aliphatic heterocycles. The van der Waals surface area contributed by atoms with E-state index >= 15 is 0 Å². The Hall–Kier alpha value is -0.780. The van der Waals surface area contributed by atoms with Gasteiger partial charge in [-0.3, -0.25) is 9.59 Å². The van der Waals surface area contributed by atoms with Gasteiger partial charge in [0.1, 0.15) is 0 Å². The maximum Gasteiger partial charge on any atom is 0.178 e. The molecule has 2 atom stereocenters. The van der Waals surface area contributed by atoms with Crippen molar-refractivity contribution in [2.45, 2.75) is 180 Å². The summed E-state index contributed by atoms with van der Waals surface area (Å²) in [6, 6.07) is 0. The summed E-state index contributed by atoms with van der Waals surface area (Å²) in [5, 5.41) is 30.6. The fourth-order valence-electron chi connectivity index (χ4n) is 4.86. The van der Waals surface area contributed by atoms with Crippen molar-refractivity contribution in [3.05, 3.63) is 0 Å². The van der Waals surface area contributed by atoms with Gasteiger partial charge in [0, 0.05) is 12.8 Å². The van der Waals surface area contributed by atoms with E-state index in [-0.39, 0.29) is 12.8 Å². The van der Waals surface area contributed by atoms with Gasteiger partial charge in [0.15, 0.2) is 23.3 Å². The van der Waals surface area contributed by atoms with Crippen LogP contribution in [0.1, 0.15) is 168 Å². The maximum atomic E-state index is 12.5. The molecule has 0 saturated heterocycles. The number of carbonyl (C=O) groups is 2. The molecular weight excluding hydrogens is 452 g/mol. The van der Waals surface area contributed by atoms with Crippen molar-refractivity contribution >= 4 is 11.6 Å². The molecule has 5 nitrogen and oxygen atoms in total. The number of hydrogen-bond donors (Lipinski definition) is 3. The number of rotatable bonds is 28. The number of Topliss-reactive ketones (excluding diaryl/α,β-unsaturated/α-hetero) is 2. The largest absolute Gasteiger partial charge is 0.393 e. The molecule has 3 N–H and O–H groups in total. The van der Waals surface area contributed by atoms with E-state index in [2.05, 4.69) is 13.8 Å². The number of hydrogen-bond acceptors (Lipinski definition) is 5. The van der Waals surface area contributed by atoms with Crippen LogP contribution in [0.2, 0.25) is 0 Å². The Morgan fingerprint density at radius 1 is 0.556 bits per heavy atom. The van der Waals surface area contributed by atoms with Crippen LogP contribution < -0.4 is 0 Å². The molecule has 214 valence electrons. The third-order valence-corrected chi connectivity index (χ3v) is 7.52. The van der Waals surface area contributed by atoms with Crippen molar-refractivity contribution in [2.75, 3.05) is 6.61 Å². The lowest BCUT2D eigenvalue weighted by atomic mass is 9.85. The molecule has 0 aromatic rings.